The Hall–Kier alpha value is -0.410. The van der Waals surface area contributed by atoms with Crippen LogP contribution in [0.5, 0.6) is 0 Å². The van der Waals surface area contributed by atoms with Crippen molar-refractivity contribution in [3.05, 3.63) is 28.0 Å². The van der Waals surface area contributed by atoms with Gasteiger partial charge in [-0.05, 0) is 35.0 Å². The smallest absolute Gasteiger partial charge is 0.0571 e. The quantitative estimate of drug-likeness (QED) is 0.815. The number of rotatable bonds is 2. The average Bonchev–Trinajstić information content (AvgIpc) is 1.98. The number of hydrogen-bond donors (Lipinski definition) is 1. The molecule has 60 valence electrons. The minimum atomic E-state index is 0.148. The fraction of sp³-hybridized carbons (Fsp3) is 0.375. The predicted octanol–water partition coefficient (Wildman–Crippen LogP) is 1.69. The Kier molecular flexibility index (Phi) is 3.02. The highest BCUT2D eigenvalue weighted by Crippen LogP contribution is 2.14. The summed E-state index contributed by atoms with van der Waals surface area (Å²) in [6.45, 7) is 2.09. The minimum Gasteiger partial charge on any atom is -0.396 e. The number of halogens is 1. The van der Waals surface area contributed by atoms with E-state index in [2.05, 4.69) is 20.9 Å². The van der Waals surface area contributed by atoms with Crippen LogP contribution in [0.15, 0.2) is 16.6 Å². The molecule has 1 heterocycles. The highest BCUT2D eigenvalue weighted by atomic mass is 79.9. The van der Waals surface area contributed by atoms with Crippen molar-refractivity contribution >= 4 is 15.9 Å². The molecule has 0 unspecified atom stereocenters. The SMILES string of the molecule is Cc1ccc(Br)c(CCO)n1. The van der Waals surface area contributed by atoms with Crippen molar-refractivity contribution in [3.63, 3.8) is 0 Å². The van der Waals surface area contributed by atoms with E-state index in [9.17, 15) is 0 Å². The highest BCUT2D eigenvalue weighted by Gasteiger charge is 1.99. The lowest BCUT2D eigenvalue weighted by Gasteiger charge is -2.01. The summed E-state index contributed by atoms with van der Waals surface area (Å²) in [5, 5.41) is 8.67. The van der Waals surface area contributed by atoms with E-state index < -0.39 is 0 Å². The molecule has 0 bridgehead atoms. The number of pyridine rings is 1. The first-order chi connectivity index (χ1) is 5.24. The molecule has 0 aromatic carbocycles. The molecule has 3 heteroatoms. The van der Waals surface area contributed by atoms with E-state index in [0.29, 0.717) is 6.42 Å². The Labute approximate surface area is 74.4 Å². The predicted molar refractivity (Wildman–Crippen MR) is 47.5 cm³/mol. The Morgan fingerprint density at radius 1 is 1.55 bits per heavy atom. The van der Waals surface area contributed by atoms with Crippen molar-refractivity contribution in [2.75, 3.05) is 6.61 Å². The maximum Gasteiger partial charge on any atom is 0.0571 e. The van der Waals surface area contributed by atoms with Gasteiger partial charge in [-0.15, -0.1) is 0 Å². The molecule has 0 atom stereocenters. The fourth-order valence-corrected chi connectivity index (χ4v) is 1.29. The topological polar surface area (TPSA) is 33.1 Å². The van der Waals surface area contributed by atoms with Crippen LogP contribution in [0.3, 0.4) is 0 Å². The van der Waals surface area contributed by atoms with Crippen molar-refractivity contribution in [3.8, 4) is 0 Å². The monoisotopic (exact) mass is 215 g/mol. The van der Waals surface area contributed by atoms with E-state index in [-0.39, 0.29) is 6.61 Å². The molecule has 1 rings (SSSR count). The Morgan fingerprint density at radius 2 is 2.27 bits per heavy atom. The minimum absolute atomic E-state index is 0.148. The molecule has 2 nitrogen and oxygen atoms in total. The lowest BCUT2D eigenvalue weighted by atomic mass is 10.2. The summed E-state index contributed by atoms with van der Waals surface area (Å²) in [5.41, 5.74) is 1.91. The van der Waals surface area contributed by atoms with Gasteiger partial charge in [0.15, 0.2) is 0 Å². The van der Waals surface area contributed by atoms with E-state index in [1.54, 1.807) is 0 Å². The molecule has 0 saturated carbocycles. The van der Waals surface area contributed by atoms with Crippen molar-refractivity contribution in [1.82, 2.24) is 4.98 Å². The molecule has 0 aliphatic rings. The van der Waals surface area contributed by atoms with Gasteiger partial charge in [0.1, 0.15) is 0 Å². The molecule has 1 N–H and O–H groups in total. The second-order valence-electron chi connectivity index (χ2n) is 2.35. The molecule has 1 aromatic rings. The molecule has 0 saturated heterocycles. The zero-order valence-electron chi connectivity index (χ0n) is 6.34. The summed E-state index contributed by atoms with van der Waals surface area (Å²) in [7, 11) is 0. The number of aryl methyl sites for hydroxylation is 1. The molecule has 0 radical (unpaired) electrons. The maximum atomic E-state index is 8.67. The van der Waals surface area contributed by atoms with Crippen LogP contribution in [-0.4, -0.2) is 16.7 Å². The third kappa shape index (κ3) is 2.27. The Bertz CT molecular complexity index is 250. The van der Waals surface area contributed by atoms with E-state index in [0.717, 1.165) is 15.9 Å². The van der Waals surface area contributed by atoms with Crippen LogP contribution >= 0.6 is 15.9 Å². The Morgan fingerprint density at radius 3 is 2.91 bits per heavy atom. The van der Waals surface area contributed by atoms with Gasteiger partial charge in [-0.2, -0.15) is 0 Å². The number of nitrogens with zero attached hydrogens (tertiary/aromatic N) is 1. The number of aliphatic hydroxyl groups excluding tert-OH is 1. The zero-order chi connectivity index (χ0) is 8.27. The van der Waals surface area contributed by atoms with Gasteiger partial charge in [0.05, 0.1) is 5.69 Å². The molecule has 1 aromatic heterocycles. The first-order valence-corrected chi connectivity index (χ1v) is 4.26. The zero-order valence-corrected chi connectivity index (χ0v) is 7.93. The molecule has 0 aliphatic carbocycles. The summed E-state index contributed by atoms with van der Waals surface area (Å²) in [5.74, 6) is 0. The summed E-state index contributed by atoms with van der Waals surface area (Å²) in [4.78, 5) is 4.26. The third-order valence-corrected chi connectivity index (χ3v) is 2.13. The lowest BCUT2D eigenvalue weighted by molar-refractivity contribution is 0.298. The molecule has 0 aliphatic heterocycles. The normalized spacial score (nSPS) is 10.1. The third-order valence-electron chi connectivity index (χ3n) is 1.41. The summed E-state index contributed by atoms with van der Waals surface area (Å²) < 4.78 is 0.970. The van der Waals surface area contributed by atoms with Gasteiger partial charge in [-0.3, -0.25) is 4.98 Å². The van der Waals surface area contributed by atoms with E-state index in [1.807, 2.05) is 19.1 Å². The molecule has 0 spiro atoms. The molecule has 11 heavy (non-hydrogen) atoms. The highest BCUT2D eigenvalue weighted by molar-refractivity contribution is 9.10. The molecular weight excluding hydrogens is 206 g/mol. The number of aromatic nitrogens is 1. The van der Waals surface area contributed by atoms with Crippen LogP contribution in [-0.2, 0) is 6.42 Å². The van der Waals surface area contributed by atoms with Crippen molar-refractivity contribution < 1.29 is 5.11 Å². The van der Waals surface area contributed by atoms with Crippen LogP contribution in [0.4, 0.5) is 0 Å². The summed E-state index contributed by atoms with van der Waals surface area (Å²) in [6.07, 6.45) is 0.613. The van der Waals surface area contributed by atoms with Gasteiger partial charge >= 0.3 is 0 Å². The van der Waals surface area contributed by atoms with Crippen LogP contribution < -0.4 is 0 Å². The molecular formula is C8H10BrNO. The van der Waals surface area contributed by atoms with E-state index in [4.69, 9.17) is 5.11 Å². The van der Waals surface area contributed by atoms with Crippen molar-refractivity contribution in [2.24, 2.45) is 0 Å². The van der Waals surface area contributed by atoms with E-state index >= 15 is 0 Å². The summed E-state index contributed by atoms with van der Waals surface area (Å²) in [6, 6.07) is 3.89. The average molecular weight is 216 g/mol. The van der Waals surface area contributed by atoms with Crippen LogP contribution in [0.2, 0.25) is 0 Å². The number of aliphatic hydroxyl groups is 1. The summed E-state index contributed by atoms with van der Waals surface area (Å²) >= 11 is 3.36. The first kappa shape index (κ1) is 8.68. The van der Waals surface area contributed by atoms with E-state index in [1.165, 1.54) is 0 Å². The van der Waals surface area contributed by atoms with Gasteiger partial charge in [0, 0.05) is 23.2 Å². The molecule has 0 fully saturated rings. The van der Waals surface area contributed by atoms with Gasteiger partial charge < -0.3 is 5.11 Å². The Balaban J connectivity index is 2.93. The number of hydrogen-bond acceptors (Lipinski definition) is 2. The largest absolute Gasteiger partial charge is 0.396 e. The van der Waals surface area contributed by atoms with Crippen LogP contribution in [0.25, 0.3) is 0 Å². The lowest BCUT2D eigenvalue weighted by Crippen LogP contribution is -1.96. The van der Waals surface area contributed by atoms with Gasteiger partial charge in [0.2, 0.25) is 0 Å². The standard InChI is InChI=1S/C8H10BrNO/c1-6-2-3-7(9)8(10-6)4-5-11/h2-3,11H,4-5H2,1H3. The first-order valence-electron chi connectivity index (χ1n) is 3.47. The van der Waals surface area contributed by atoms with Gasteiger partial charge in [-0.1, -0.05) is 0 Å². The van der Waals surface area contributed by atoms with Gasteiger partial charge in [-0.25, -0.2) is 0 Å². The van der Waals surface area contributed by atoms with Crippen molar-refractivity contribution in [1.29, 1.82) is 0 Å². The second-order valence-corrected chi connectivity index (χ2v) is 3.21. The second kappa shape index (κ2) is 3.83. The molecule has 0 amide bonds. The van der Waals surface area contributed by atoms with Crippen molar-refractivity contribution in [2.45, 2.75) is 13.3 Å². The van der Waals surface area contributed by atoms with Crippen LogP contribution in [0.1, 0.15) is 11.4 Å². The fourth-order valence-electron chi connectivity index (χ4n) is 0.875. The van der Waals surface area contributed by atoms with Gasteiger partial charge in [0.25, 0.3) is 0 Å². The van der Waals surface area contributed by atoms with Crippen LogP contribution in [0, 0.1) is 6.92 Å². The maximum absolute atomic E-state index is 8.67.